The van der Waals surface area contributed by atoms with E-state index < -0.39 is 0 Å². The van der Waals surface area contributed by atoms with Crippen LogP contribution < -0.4 is 14.2 Å². The van der Waals surface area contributed by atoms with Crippen LogP contribution in [0, 0.1) is 0 Å². The molecule has 0 aliphatic heterocycles. The van der Waals surface area contributed by atoms with Crippen LogP contribution >= 0.6 is 11.6 Å². The zero-order valence-electron chi connectivity index (χ0n) is 16.5. The Morgan fingerprint density at radius 3 is 2.04 bits per heavy atom. The van der Waals surface area contributed by atoms with Crippen LogP contribution in [-0.4, -0.2) is 37.1 Å². The van der Waals surface area contributed by atoms with Crippen molar-refractivity contribution >= 4 is 17.4 Å². The normalized spacial score (nSPS) is 9.93. The van der Waals surface area contributed by atoms with E-state index in [4.69, 9.17) is 25.8 Å². The maximum atomic E-state index is 12.8. The lowest BCUT2D eigenvalue weighted by molar-refractivity contribution is 0.103. The molecule has 0 spiro atoms. The first-order valence-corrected chi connectivity index (χ1v) is 9.10. The van der Waals surface area contributed by atoms with Crippen molar-refractivity contribution in [2.75, 3.05) is 21.3 Å². The molecule has 0 saturated carbocycles. The zero-order chi connectivity index (χ0) is 20.7. The van der Waals surface area contributed by atoms with Crippen molar-refractivity contribution in [3.63, 3.8) is 0 Å². The number of nitrogens with zero attached hydrogens (tertiary/aromatic N) is 1. The summed E-state index contributed by atoms with van der Waals surface area (Å²) in [4.78, 5) is 20.1. The SMILES string of the molecule is CC.COc1cc(C(=O)c2cnc(-c3ccc(Cl)cc3)[nH]2)cc(OC)c1OC. The Kier molecular flexibility index (Phi) is 7.46. The fraction of sp³-hybridized carbons (Fsp3) is 0.238. The van der Waals surface area contributed by atoms with Crippen LogP contribution in [0.25, 0.3) is 11.4 Å². The molecule has 0 atom stereocenters. The zero-order valence-corrected chi connectivity index (χ0v) is 17.3. The number of aromatic amines is 1. The van der Waals surface area contributed by atoms with Gasteiger partial charge in [-0.15, -0.1) is 0 Å². The van der Waals surface area contributed by atoms with Crippen LogP contribution in [0.15, 0.2) is 42.6 Å². The quantitative estimate of drug-likeness (QED) is 0.586. The van der Waals surface area contributed by atoms with E-state index in [2.05, 4.69) is 9.97 Å². The van der Waals surface area contributed by atoms with Gasteiger partial charge in [0.1, 0.15) is 11.5 Å². The van der Waals surface area contributed by atoms with Crippen molar-refractivity contribution in [1.29, 1.82) is 0 Å². The van der Waals surface area contributed by atoms with E-state index in [0.717, 1.165) is 5.56 Å². The highest BCUT2D eigenvalue weighted by molar-refractivity contribution is 6.30. The van der Waals surface area contributed by atoms with E-state index in [-0.39, 0.29) is 5.78 Å². The van der Waals surface area contributed by atoms with Gasteiger partial charge in [0, 0.05) is 16.1 Å². The Labute approximate surface area is 169 Å². The fourth-order valence-corrected chi connectivity index (χ4v) is 2.68. The molecule has 0 amide bonds. The van der Waals surface area contributed by atoms with E-state index in [1.54, 1.807) is 24.3 Å². The standard InChI is InChI=1S/C19H17ClN2O4.C2H6/c1-24-15-8-12(9-16(25-2)18(15)26-3)17(23)14-10-21-19(22-14)11-4-6-13(20)7-5-11;1-2/h4-10H,1-3H3,(H,21,22);1-2H3. The van der Waals surface area contributed by atoms with Gasteiger partial charge < -0.3 is 19.2 Å². The first kappa shape index (κ1) is 21.3. The Morgan fingerprint density at radius 1 is 0.964 bits per heavy atom. The Hall–Kier alpha value is -2.99. The molecule has 6 nitrogen and oxygen atoms in total. The van der Waals surface area contributed by atoms with Crippen LogP contribution in [0.3, 0.4) is 0 Å². The number of aromatic nitrogens is 2. The monoisotopic (exact) mass is 402 g/mol. The number of rotatable bonds is 6. The number of benzene rings is 2. The molecule has 2 aromatic carbocycles. The largest absolute Gasteiger partial charge is 0.493 e. The van der Waals surface area contributed by atoms with Gasteiger partial charge in [0.15, 0.2) is 11.5 Å². The van der Waals surface area contributed by atoms with Gasteiger partial charge in [0.2, 0.25) is 11.5 Å². The number of ether oxygens (including phenoxy) is 3. The highest BCUT2D eigenvalue weighted by atomic mass is 35.5. The summed E-state index contributed by atoms with van der Waals surface area (Å²) in [6.07, 6.45) is 1.50. The Bertz CT molecular complexity index is 911. The maximum absolute atomic E-state index is 12.8. The molecule has 0 fully saturated rings. The first-order chi connectivity index (χ1) is 13.6. The summed E-state index contributed by atoms with van der Waals surface area (Å²) in [6.45, 7) is 4.00. The minimum Gasteiger partial charge on any atom is -0.493 e. The van der Waals surface area contributed by atoms with Crippen LogP contribution in [0.4, 0.5) is 0 Å². The summed E-state index contributed by atoms with van der Waals surface area (Å²) in [6, 6.07) is 10.4. The van der Waals surface area contributed by atoms with Gasteiger partial charge >= 0.3 is 0 Å². The molecule has 148 valence electrons. The number of imidazole rings is 1. The number of halogens is 1. The van der Waals surface area contributed by atoms with Gasteiger partial charge in [0.05, 0.1) is 27.5 Å². The minimum atomic E-state index is -0.239. The number of hydrogen-bond donors (Lipinski definition) is 1. The van der Waals surface area contributed by atoms with Crippen molar-refractivity contribution in [1.82, 2.24) is 9.97 Å². The smallest absolute Gasteiger partial charge is 0.211 e. The molecule has 1 aromatic heterocycles. The molecular formula is C21H23ClN2O4. The molecule has 0 unspecified atom stereocenters. The van der Waals surface area contributed by atoms with Crippen molar-refractivity contribution < 1.29 is 19.0 Å². The molecule has 1 N–H and O–H groups in total. The van der Waals surface area contributed by atoms with Gasteiger partial charge in [-0.25, -0.2) is 4.98 Å². The van der Waals surface area contributed by atoms with Gasteiger partial charge in [-0.2, -0.15) is 0 Å². The molecule has 3 aromatic rings. The van der Waals surface area contributed by atoms with Gasteiger partial charge in [-0.1, -0.05) is 25.4 Å². The van der Waals surface area contributed by atoms with Crippen LogP contribution in [0.5, 0.6) is 17.2 Å². The number of methoxy groups -OCH3 is 3. The van der Waals surface area contributed by atoms with Gasteiger partial charge in [0.25, 0.3) is 0 Å². The molecule has 0 aliphatic rings. The topological polar surface area (TPSA) is 73.4 Å². The predicted octanol–water partition coefficient (Wildman–Crippen LogP) is 5.01. The molecule has 0 saturated heterocycles. The molecule has 0 bridgehead atoms. The van der Waals surface area contributed by atoms with E-state index >= 15 is 0 Å². The van der Waals surface area contributed by atoms with Crippen molar-refractivity contribution in [2.45, 2.75) is 13.8 Å². The molecule has 7 heteroatoms. The number of carbonyl (C=O) groups excluding carboxylic acids is 1. The second-order valence-electron chi connectivity index (χ2n) is 5.40. The fourth-order valence-electron chi connectivity index (χ4n) is 2.56. The van der Waals surface area contributed by atoms with E-state index in [1.807, 2.05) is 26.0 Å². The number of nitrogens with one attached hydrogen (secondary N) is 1. The summed E-state index contributed by atoms with van der Waals surface area (Å²) in [5.41, 5.74) is 1.58. The number of hydrogen-bond acceptors (Lipinski definition) is 5. The third-order valence-corrected chi connectivity index (χ3v) is 4.12. The second kappa shape index (κ2) is 9.80. The van der Waals surface area contributed by atoms with Crippen LogP contribution in [0.1, 0.15) is 29.9 Å². The highest BCUT2D eigenvalue weighted by Crippen LogP contribution is 2.38. The van der Waals surface area contributed by atoms with Crippen LogP contribution in [0.2, 0.25) is 5.02 Å². The molecule has 0 radical (unpaired) electrons. The average molecular weight is 403 g/mol. The number of H-pyrrole nitrogens is 1. The van der Waals surface area contributed by atoms with E-state index in [1.165, 1.54) is 27.5 Å². The van der Waals surface area contributed by atoms with E-state index in [0.29, 0.717) is 39.4 Å². The predicted molar refractivity (Wildman–Crippen MR) is 110 cm³/mol. The van der Waals surface area contributed by atoms with Gasteiger partial charge in [-0.05, 0) is 36.4 Å². The molecule has 1 heterocycles. The van der Waals surface area contributed by atoms with E-state index in [9.17, 15) is 4.79 Å². The summed E-state index contributed by atoms with van der Waals surface area (Å²) in [5, 5.41) is 0.633. The average Bonchev–Trinajstić information content (AvgIpc) is 3.24. The van der Waals surface area contributed by atoms with Crippen molar-refractivity contribution in [2.24, 2.45) is 0 Å². The summed E-state index contributed by atoms with van der Waals surface area (Å²) in [5.74, 6) is 1.59. The first-order valence-electron chi connectivity index (χ1n) is 8.73. The molecule has 0 aliphatic carbocycles. The third-order valence-electron chi connectivity index (χ3n) is 3.87. The molecule has 28 heavy (non-hydrogen) atoms. The van der Waals surface area contributed by atoms with Crippen molar-refractivity contribution in [3.05, 3.63) is 58.9 Å². The maximum Gasteiger partial charge on any atom is 0.211 e. The van der Waals surface area contributed by atoms with Crippen LogP contribution in [-0.2, 0) is 0 Å². The summed E-state index contributed by atoms with van der Waals surface area (Å²) < 4.78 is 15.9. The molecular weight excluding hydrogens is 380 g/mol. The second-order valence-corrected chi connectivity index (χ2v) is 5.83. The lowest BCUT2D eigenvalue weighted by Crippen LogP contribution is -2.04. The summed E-state index contributed by atoms with van der Waals surface area (Å²) in [7, 11) is 4.51. The summed E-state index contributed by atoms with van der Waals surface area (Å²) >= 11 is 5.90. The lowest BCUT2D eigenvalue weighted by Gasteiger charge is -2.13. The van der Waals surface area contributed by atoms with Crippen molar-refractivity contribution in [3.8, 4) is 28.6 Å². The Morgan fingerprint density at radius 2 is 1.54 bits per heavy atom. The lowest BCUT2D eigenvalue weighted by atomic mass is 10.1. The number of carbonyl (C=O) groups is 1. The molecule has 3 rings (SSSR count). The third kappa shape index (κ3) is 4.46. The number of ketones is 1. The minimum absolute atomic E-state index is 0.239. The highest BCUT2D eigenvalue weighted by Gasteiger charge is 2.19. The Balaban J connectivity index is 0.00000136. The van der Waals surface area contributed by atoms with Gasteiger partial charge in [-0.3, -0.25) is 4.79 Å².